The van der Waals surface area contributed by atoms with Gasteiger partial charge in [-0.1, -0.05) is 18.2 Å². The Kier molecular flexibility index (Phi) is 4.94. The lowest BCUT2D eigenvalue weighted by Crippen LogP contribution is -2.33. The number of pyridine rings is 1. The van der Waals surface area contributed by atoms with Gasteiger partial charge < -0.3 is 5.32 Å². The second-order valence-corrected chi connectivity index (χ2v) is 5.32. The molecule has 0 aliphatic carbocycles. The number of carbonyl (C=O) groups excluding carboxylic acids is 1. The van der Waals surface area contributed by atoms with Gasteiger partial charge in [0.05, 0.1) is 5.69 Å². The normalized spacial score (nSPS) is 10.4. The Labute approximate surface area is 143 Å². The zero-order valence-electron chi connectivity index (χ0n) is 13.2. The Hall–Kier alpha value is -3.35. The second-order valence-electron chi connectivity index (χ2n) is 5.32. The zero-order chi connectivity index (χ0) is 17.6. The first-order valence-corrected chi connectivity index (χ1v) is 7.62. The highest BCUT2D eigenvalue weighted by Gasteiger charge is 2.09. The molecule has 6 nitrogen and oxygen atoms in total. The lowest BCUT2D eigenvalue weighted by molar-refractivity contribution is -0.122. The Morgan fingerprint density at radius 3 is 2.72 bits per heavy atom. The SMILES string of the molecule is O=C(Cn1nc(-c2cccnc2)ccc1=O)NCc1ccccc1F. The summed E-state index contributed by atoms with van der Waals surface area (Å²) in [6.45, 7) is -0.204. The first-order chi connectivity index (χ1) is 12.1. The number of nitrogens with one attached hydrogen (secondary N) is 1. The minimum atomic E-state index is -0.429. The second kappa shape index (κ2) is 7.48. The van der Waals surface area contributed by atoms with E-state index in [4.69, 9.17) is 0 Å². The number of aromatic nitrogens is 3. The molecule has 2 heterocycles. The van der Waals surface area contributed by atoms with E-state index in [1.54, 1.807) is 42.7 Å². The fourth-order valence-electron chi connectivity index (χ4n) is 2.26. The van der Waals surface area contributed by atoms with E-state index in [2.05, 4.69) is 15.4 Å². The van der Waals surface area contributed by atoms with Crippen LogP contribution in [0.15, 0.2) is 65.7 Å². The van der Waals surface area contributed by atoms with Crippen LogP contribution in [0.1, 0.15) is 5.56 Å². The standard InChI is InChI=1S/C18H15FN4O2/c19-15-6-2-1-4-13(15)11-21-17(24)12-23-18(25)8-7-16(22-23)14-5-3-9-20-10-14/h1-10H,11-12H2,(H,21,24). The maximum absolute atomic E-state index is 13.5. The number of hydrogen-bond donors (Lipinski definition) is 1. The fourth-order valence-corrected chi connectivity index (χ4v) is 2.26. The van der Waals surface area contributed by atoms with Crippen LogP contribution in [0.25, 0.3) is 11.3 Å². The molecule has 0 atom stereocenters. The third-order valence-corrected chi connectivity index (χ3v) is 3.55. The molecule has 0 radical (unpaired) electrons. The van der Waals surface area contributed by atoms with Crippen molar-refractivity contribution in [1.29, 1.82) is 0 Å². The van der Waals surface area contributed by atoms with E-state index in [-0.39, 0.29) is 13.1 Å². The van der Waals surface area contributed by atoms with Crippen molar-refractivity contribution in [3.8, 4) is 11.3 Å². The van der Waals surface area contributed by atoms with Gasteiger partial charge in [0, 0.05) is 36.1 Å². The van der Waals surface area contributed by atoms with Gasteiger partial charge in [0.1, 0.15) is 12.4 Å². The number of halogens is 1. The van der Waals surface area contributed by atoms with Gasteiger partial charge >= 0.3 is 0 Å². The fraction of sp³-hybridized carbons (Fsp3) is 0.111. The Morgan fingerprint density at radius 1 is 1.12 bits per heavy atom. The van der Waals surface area contributed by atoms with E-state index < -0.39 is 17.3 Å². The smallest absolute Gasteiger partial charge is 0.267 e. The van der Waals surface area contributed by atoms with E-state index in [0.29, 0.717) is 11.3 Å². The topological polar surface area (TPSA) is 76.9 Å². The minimum absolute atomic E-state index is 0.0442. The summed E-state index contributed by atoms with van der Waals surface area (Å²) in [6, 6.07) is 12.7. The molecule has 126 valence electrons. The predicted octanol–water partition coefficient (Wildman–Crippen LogP) is 1.76. The molecule has 0 saturated heterocycles. The van der Waals surface area contributed by atoms with Crippen LogP contribution < -0.4 is 10.9 Å². The largest absolute Gasteiger partial charge is 0.350 e. The van der Waals surface area contributed by atoms with Gasteiger partial charge in [-0.3, -0.25) is 14.6 Å². The molecule has 0 fully saturated rings. The van der Waals surface area contributed by atoms with Crippen LogP contribution in [-0.2, 0) is 17.9 Å². The first kappa shape index (κ1) is 16.5. The summed E-state index contributed by atoms with van der Waals surface area (Å²) in [4.78, 5) is 28.0. The van der Waals surface area contributed by atoms with Crippen LogP contribution in [0.2, 0.25) is 0 Å². The van der Waals surface area contributed by atoms with Crippen molar-refractivity contribution in [2.45, 2.75) is 13.1 Å². The van der Waals surface area contributed by atoms with Crippen LogP contribution in [0, 0.1) is 5.82 Å². The van der Waals surface area contributed by atoms with Crippen molar-refractivity contribution in [1.82, 2.24) is 20.1 Å². The van der Waals surface area contributed by atoms with Crippen LogP contribution in [0.5, 0.6) is 0 Å². The summed E-state index contributed by atoms with van der Waals surface area (Å²) in [5.41, 5.74) is 1.26. The molecule has 2 aromatic heterocycles. The molecule has 0 bridgehead atoms. The van der Waals surface area contributed by atoms with Crippen LogP contribution in [-0.4, -0.2) is 20.7 Å². The van der Waals surface area contributed by atoms with Gasteiger partial charge in [0.2, 0.25) is 5.91 Å². The van der Waals surface area contributed by atoms with Crippen LogP contribution >= 0.6 is 0 Å². The summed E-state index contributed by atoms with van der Waals surface area (Å²) in [5, 5.41) is 6.77. The predicted molar refractivity (Wildman–Crippen MR) is 90.0 cm³/mol. The van der Waals surface area contributed by atoms with Crippen molar-refractivity contribution in [2.75, 3.05) is 0 Å². The number of benzene rings is 1. The molecular weight excluding hydrogens is 323 g/mol. The van der Waals surface area contributed by atoms with Crippen LogP contribution in [0.3, 0.4) is 0 Å². The number of carbonyl (C=O) groups is 1. The molecule has 1 aromatic carbocycles. The highest BCUT2D eigenvalue weighted by molar-refractivity contribution is 5.75. The molecule has 0 unspecified atom stereocenters. The molecule has 0 saturated carbocycles. The average Bonchev–Trinajstić information content (AvgIpc) is 2.63. The van der Waals surface area contributed by atoms with Crippen molar-refractivity contribution in [2.24, 2.45) is 0 Å². The maximum Gasteiger partial charge on any atom is 0.267 e. The molecule has 25 heavy (non-hydrogen) atoms. The molecule has 0 aliphatic heterocycles. The van der Waals surface area contributed by atoms with E-state index in [1.165, 1.54) is 12.1 Å². The Balaban J connectivity index is 1.71. The quantitative estimate of drug-likeness (QED) is 0.769. The highest BCUT2D eigenvalue weighted by Crippen LogP contribution is 2.12. The van der Waals surface area contributed by atoms with Crippen molar-refractivity contribution >= 4 is 5.91 Å². The summed E-state index contributed by atoms with van der Waals surface area (Å²) >= 11 is 0. The Bertz CT molecular complexity index is 941. The van der Waals surface area contributed by atoms with Gasteiger partial charge in [-0.05, 0) is 24.3 Å². The molecule has 1 amide bonds. The molecular formula is C18H15FN4O2. The van der Waals surface area contributed by atoms with Crippen molar-refractivity contribution in [3.63, 3.8) is 0 Å². The van der Waals surface area contributed by atoms with Gasteiger partial charge in [-0.2, -0.15) is 5.10 Å². The average molecular weight is 338 g/mol. The number of hydrogen-bond acceptors (Lipinski definition) is 4. The number of rotatable bonds is 5. The molecule has 1 N–H and O–H groups in total. The molecule has 0 aliphatic rings. The Morgan fingerprint density at radius 2 is 1.96 bits per heavy atom. The number of nitrogens with zero attached hydrogens (tertiary/aromatic N) is 3. The maximum atomic E-state index is 13.5. The molecule has 3 aromatic rings. The lowest BCUT2D eigenvalue weighted by Gasteiger charge is -2.08. The summed E-state index contributed by atoms with van der Waals surface area (Å²) in [6.07, 6.45) is 3.26. The van der Waals surface area contributed by atoms with Gasteiger partial charge in [-0.25, -0.2) is 9.07 Å². The minimum Gasteiger partial charge on any atom is -0.350 e. The molecule has 0 spiro atoms. The molecule has 7 heteroatoms. The first-order valence-electron chi connectivity index (χ1n) is 7.62. The van der Waals surface area contributed by atoms with E-state index in [9.17, 15) is 14.0 Å². The third-order valence-electron chi connectivity index (χ3n) is 3.55. The highest BCUT2D eigenvalue weighted by atomic mass is 19.1. The summed E-state index contributed by atoms with van der Waals surface area (Å²) in [7, 11) is 0. The third kappa shape index (κ3) is 4.14. The van der Waals surface area contributed by atoms with Gasteiger partial charge in [-0.15, -0.1) is 0 Å². The summed E-state index contributed by atoms with van der Waals surface area (Å²) in [5.74, 6) is -0.821. The van der Waals surface area contributed by atoms with E-state index >= 15 is 0 Å². The van der Waals surface area contributed by atoms with Crippen LogP contribution in [0.4, 0.5) is 4.39 Å². The summed E-state index contributed by atoms with van der Waals surface area (Å²) < 4.78 is 14.6. The molecule has 3 rings (SSSR count). The lowest BCUT2D eigenvalue weighted by atomic mass is 10.2. The van der Waals surface area contributed by atoms with Gasteiger partial charge in [0.15, 0.2) is 0 Å². The van der Waals surface area contributed by atoms with Crippen molar-refractivity contribution < 1.29 is 9.18 Å². The van der Waals surface area contributed by atoms with Crippen molar-refractivity contribution in [3.05, 3.63) is 82.7 Å². The van der Waals surface area contributed by atoms with E-state index in [1.807, 2.05) is 6.07 Å². The zero-order valence-corrected chi connectivity index (χ0v) is 13.2. The monoisotopic (exact) mass is 338 g/mol. The van der Waals surface area contributed by atoms with E-state index in [0.717, 1.165) is 10.2 Å². The van der Waals surface area contributed by atoms with Gasteiger partial charge in [0.25, 0.3) is 5.56 Å². The number of amides is 1.